The lowest BCUT2D eigenvalue weighted by Crippen LogP contribution is -2.56. The first-order valence-electron chi connectivity index (χ1n) is 9.08. The number of carbonyl (C=O) groups excluding carboxylic acids is 3. The predicted octanol–water partition coefficient (Wildman–Crippen LogP) is 0.382. The van der Waals surface area contributed by atoms with Gasteiger partial charge in [-0.15, -0.1) is 0 Å². The molecule has 0 radical (unpaired) electrons. The molecule has 0 aromatic heterocycles. The van der Waals surface area contributed by atoms with Crippen molar-refractivity contribution >= 4 is 23.4 Å². The van der Waals surface area contributed by atoms with Crippen LogP contribution < -0.4 is 4.90 Å². The van der Waals surface area contributed by atoms with Gasteiger partial charge in [0.25, 0.3) is 0 Å². The first-order chi connectivity index (χ1) is 12.5. The van der Waals surface area contributed by atoms with Crippen LogP contribution in [0.1, 0.15) is 18.4 Å². The van der Waals surface area contributed by atoms with Crippen LogP contribution in [0.4, 0.5) is 5.69 Å². The van der Waals surface area contributed by atoms with Crippen LogP contribution >= 0.6 is 0 Å². The summed E-state index contributed by atoms with van der Waals surface area (Å²) >= 11 is 0. The van der Waals surface area contributed by atoms with Gasteiger partial charge in [0.05, 0.1) is 18.6 Å². The molecule has 0 N–H and O–H groups in total. The fourth-order valence-electron chi connectivity index (χ4n) is 4.38. The Bertz CT molecular complexity index is 759. The minimum Gasteiger partial charge on any atom is -0.378 e. The summed E-state index contributed by atoms with van der Waals surface area (Å²) in [7, 11) is 1.77. The highest BCUT2D eigenvalue weighted by atomic mass is 16.5. The normalized spacial score (nSPS) is 25.6. The van der Waals surface area contributed by atoms with E-state index in [0.717, 1.165) is 11.3 Å². The Morgan fingerprint density at radius 1 is 1.04 bits per heavy atom. The van der Waals surface area contributed by atoms with Gasteiger partial charge in [0, 0.05) is 38.9 Å². The van der Waals surface area contributed by atoms with Crippen LogP contribution in [-0.2, 0) is 24.5 Å². The van der Waals surface area contributed by atoms with Gasteiger partial charge in [0.15, 0.2) is 0 Å². The third-order valence-electron chi connectivity index (χ3n) is 5.76. The quantitative estimate of drug-likeness (QED) is 0.630. The number of para-hydroxylation sites is 1. The van der Waals surface area contributed by atoms with Crippen molar-refractivity contribution in [2.45, 2.75) is 18.3 Å². The lowest BCUT2D eigenvalue weighted by molar-refractivity contribution is -0.155. The van der Waals surface area contributed by atoms with Crippen molar-refractivity contribution in [3.63, 3.8) is 0 Å². The van der Waals surface area contributed by atoms with E-state index in [0.29, 0.717) is 45.7 Å². The number of carbonyl (C=O) groups is 3. The molecule has 0 bridgehead atoms. The summed E-state index contributed by atoms with van der Waals surface area (Å²) < 4.78 is 5.25. The summed E-state index contributed by atoms with van der Waals surface area (Å²) in [6, 6.07) is 7.73. The van der Waals surface area contributed by atoms with E-state index in [1.165, 1.54) is 0 Å². The first kappa shape index (κ1) is 17.0. The number of amides is 3. The van der Waals surface area contributed by atoms with Gasteiger partial charge in [-0.1, -0.05) is 18.2 Å². The van der Waals surface area contributed by atoms with Crippen molar-refractivity contribution in [2.75, 3.05) is 51.3 Å². The second kappa shape index (κ2) is 6.39. The molecule has 0 unspecified atom stereocenters. The molecule has 0 saturated carbocycles. The summed E-state index contributed by atoms with van der Waals surface area (Å²) in [6.07, 6.45) is 1.40. The van der Waals surface area contributed by atoms with Crippen LogP contribution in [0.15, 0.2) is 24.3 Å². The molecule has 2 fully saturated rings. The molecule has 7 nitrogen and oxygen atoms in total. The lowest BCUT2D eigenvalue weighted by Gasteiger charge is -2.40. The number of benzene rings is 1. The Morgan fingerprint density at radius 3 is 2.50 bits per heavy atom. The van der Waals surface area contributed by atoms with E-state index in [4.69, 9.17) is 4.74 Å². The fraction of sp³-hybridized carbons (Fsp3) is 0.526. The molecule has 1 spiro atoms. The molecule has 26 heavy (non-hydrogen) atoms. The monoisotopic (exact) mass is 357 g/mol. The molecule has 3 amide bonds. The van der Waals surface area contributed by atoms with E-state index in [-0.39, 0.29) is 12.5 Å². The van der Waals surface area contributed by atoms with Gasteiger partial charge in [-0.3, -0.25) is 14.4 Å². The van der Waals surface area contributed by atoms with Crippen LogP contribution in [0.5, 0.6) is 0 Å². The van der Waals surface area contributed by atoms with Gasteiger partial charge in [-0.05, 0) is 24.5 Å². The molecule has 1 aromatic rings. The first-order valence-corrected chi connectivity index (χ1v) is 9.08. The number of likely N-dealkylation sites (tertiary alicyclic amines) is 1. The van der Waals surface area contributed by atoms with Crippen LogP contribution in [0.2, 0.25) is 0 Å². The molecule has 7 heteroatoms. The number of morpholine rings is 1. The van der Waals surface area contributed by atoms with Gasteiger partial charge >= 0.3 is 11.8 Å². The van der Waals surface area contributed by atoms with Crippen molar-refractivity contribution in [1.82, 2.24) is 9.80 Å². The molecular formula is C19H23N3O4. The molecule has 0 aliphatic carbocycles. The average Bonchev–Trinajstić information content (AvgIpc) is 2.90. The molecule has 2 saturated heterocycles. The molecular weight excluding hydrogens is 334 g/mol. The van der Waals surface area contributed by atoms with Crippen LogP contribution in [0.3, 0.4) is 0 Å². The second-order valence-corrected chi connectivity index (χ2v) is 7.20. The maximum atomic E-state index is 13.1. The van der Waals surface area contributed by atoms with Crippen molar-refractivity contribution in [1.29, 1.82) is 0 Å². The number of hydrogen-bond acceptors (Lipinski definition) is 4. The molecule has 1 aromatic carbocycles. The lowest BCUT2D eigenvalue weighted by atomic mass is 9.75. The zero-order valence-corrected chi connectivity index (χ0v) is 14.9. The molecule has 3 aliphatic rings. The molecule has 1 atom stereocenters. The van der Waals surface area contributed by atoms with Gasteiger partial charge in [-0.2, -0.15) is 0 Å². The van der Waals surface area contributed by atoms with Crippen molar-refractivity contribution in [2.24, 2.45) is 0 Å². The van der Waals surface area contributed by atoms with Crippen molar-refractivity contribution < 1.29 is 19.1 Å². The zero-order chi connectivity index (χ0) is 18.3. The van der Waals surface area contributed by atoms with E-state index < -0.39 is 17.2 Å². The fourth-order valence-corrected chi connectivity index (χ4v) is 4.38. The average molecular weight is 357 g/mol. The maximum Gasteiger partial charge on any atom is 0.312 e. The van der Waals surface area contributed by atoms with E-state index in [9.17, 15) is 14.4 Å². The standard InChI is InChI=1S/C19H23N3O4/c1-20-15-6-3-2-5-14(15)19(18(20)25)7-4-8-22(13-19)17(24)16(23)21-9-11-26-12-10-21/h2-3,5-6H,4,7-13H2,1H3/t19-/m0/s1. The Balaban J connectivity index is 1.59. The minimum atomic E-state index is -0.732. The topological polar surface area (TPSA) is 70.2 Å². The van der Waals surface area contributed by atoms with E-state index in [1.807, 2.05) is 24.3 Å². The number of fused-ring (bicyclic) bond motifs is 2. The largest absolute Gasteiger partial charge is 0.378 e. The van der Waals surface area contributed by atoms with Gasteiger partial charge in [0.2, 0.25) is 5.91 Å². The smallest absolute Gasteiger partial charge is 0.312 e. The number of anilines is 1. The summed E-state index contributed by atoms with van der Waals surface area (Å²) in [5.41, 5.74) is 1.12. The molecule has 138 valence electrons. The highest BCUT2D eigenvalue weighted by Gasteiger charge is 2.52. The summed E-state index contributed by atoms with van der Waals surface area (Å²) in [4.78, 5) is 43.2. The number of hydrogen-bond donors (Lipinski definition) is 0. The Hall–Kier alpha value is -2.41. The van der Waals surface area contributed by atoms with E-state index in [1.54, 1.807) is 21.7 Å². The number of rotatable bonds is 0. The van der Waals surface area contributed by atoms with Gasteiger partial charge in [-0.25, -0.2) is 0 Å². The summed E-state index contributed by atoms with van der Waals surface area (Å²) in [5, 5.41) is 0. The number of nitrogens with zero attached hydrogens (tertiary/aromatic N) is 3. The minimum absolute atomic E-state index is 0.00928. The number of piperidine rings is 1. The van der Waals surface area contributed by atoms with Crippen molar-refractivity contribution in [3.05, 3.63) is 29.8 Å². The summed E-state index contributed by atoms with van der Waals surface area (Å²) in [5.74, 6) is -0.988. The third kappa shape index (κ3) is 2.49. The van der Waals surface area contributed by atoms with Gasteiger partial charge in [0.1, 0.15) is 0 Å². The predicted molar refractivity (Wildman–Crippen MR) is 94.7 cm³/mol. The van der Waals surface area contributed by atoms with E-state index in [2.05, 4.69) is 0 Å². The Morgan fingerprint density at radius 2 is 1.73 bits per heavy atom. The highest BCUT2D eigenvalue weighted by molar-refractivity contribution is 6.35. The zero-order valence-electron chi connectivity index (χ0n) is 14.9. The molecule has 3 aliphatic heterocycles. The maximum absolute atomic E-state index is 13.1. The van der Waals surface area contributed by atoms with Crippen LogP contribution in [-0.4, -0.2) is 74.0 Å². The number of ether oxygens (including phenoxy) is 1. The van der Waals surface area contributed by atoms with Crippen LogP contribution in [0, 0.1) is 0 Å². The van der Waals surface area contributed by atoms with Crippen LogP contribution in [0.25, 0.3) is 0 Å². The van der Waals surface area contributed by atoms with Crippen molar-refractivity contribution in [3.8, 4) is 0 Å². The SMILES string of the molecule is CN1C(=O)[C@]2(CCCN(C(=O)C(=O)N3CCOCC3)C2)c2ccccc21. The van der Waals surface area contributed by atoms with E-state index >= 15 is 0 Å². The summed E-state index contributed by atoms with van der Waals surface area (Å²) in [6.45, 7) is 2.57. The third-order valence-corrected chi connectivity index (χ3v) is 5.76. The molecule has 4 rings (SSSR count). The Kier molecular flexibility index (Phi) is 4.19. The molecule has 3 heterocycles. The highest BCUT2D eigenvalue weighted by Crippen LogP contribution is 2.46. The van der Waals surface area contributed by atoms with Gasteiger partial charge < -0.3 is 19.4 Å². The second-order valence-electron chi connectivity index (χ2n) is 7.20. The Labute approximate surface area is 152 Å². The number of likely N-dealkylation sites (N-methyl/N-ethyl adjacent to an activating group) is 1.